The van der Waals surface area contributed by atoms with Gasteiger partial charge in [-0.25, -0.2) is 4.79 Å². The molecule has 0 fully saturated rings. The fraction of sp³-hybridized carbons (Fsp3) is 0.267. The second-order valence-corrected chi connectivity index (χ2v) is 4.91. The molecule has 1 aromatic carbocycles. The zero-order valence-corrected chi connectivity index (χ0v) is 12.6. The van der Waals surface area contributed by atoms with Crippen molar-refractivity contribution in [1.82, 2.24) is 9.78 Å². The van der Waals surface area contributed by atoms with Gasteiger partial charge in [-0.2, -0.15) is 5.10 Å². The van der Waals surface area contributed by atoms with Gasteiger partial charge in [0, 0.05) is 25.5 Å². The number of aromatic nitrogens is 2. The third-order valence-electron chi connectivity index (χ3n) is 3.16. The van der Waals surface area contributed by atoms with Crippen molar-refractivity contribution in [2.45, 2.75) is 13.5 Å². The monoisotopic (exact) mass is 303 g/mol. The molecular formula is C15H17N3O4. The lowest BCUT2D eigenvalue weighted by Crippen LogP contribution is -2.14. The lowest BCUT2D eigenvalue weighted by Gasteiger charge is -2.08. The van der Waals surface area contributed by atoms with Gasteiger partial charge in [0.05, 0.1) is 12.2 Å². The molecule has 0 atom stereocenters. The van der Waals surface area contributed by atoms with E-state index in [0.717, 1.165) is 5.69 Å². The van der Waals surface area contributed by atoms with Gasteiger partial charge in [0.25, 0.3) is 5.91 Å². The van der Waals surface area contributed by atoms with E-state index in [0.29, 0.717) is 11.3 Å². The summed E-state index contributed by atoms with van der Waals surface area (Å²) in [4.78, 5) is 23.3. The number of carboxylic acid groups (broad SMARTS) is 1. The summed E-state index contributed by atoms with van der Waals surface area (Å²) in [7, 11) is 3.26. The summed E-state index contributed by atoms with van der Waals surface area (Å²) in [5, 5.41) is 15.9. The Morgan fingerprint density at radius 2 is 2.05 bits per heavy atom. The van der Waals surface area contributed by atoms with Crippen LogP contribution in [0.1, 0.15) is 32.1 Å². The molecule has 2 aromatic rings. The molecule has 1 aromatic heterocycles. The molecule has 2 rings (SSSR count). The van der Waals surface area contributed by atoms with Gasteiger partial charge in [-0.05, 0) is 36.8 Å². The van der Waals surface area contributed by atoms with Crippen molar-refractivity contribution >= 4 is 17.6 Å². The third-order valence-corrected chi connectivity index (χ3v) is 3.16. The summed E-state index contributed by atoms with van der Waals surface area (Å²) < 4.78 is 6.60. The van der Waals surface area contributed by atoms with Crippen LogP contribution in [0.4, 0.5) is 5.69 Å². The summed E-state index contributed by atoms with van der Waals surface area (Å²) in [6.07, 6.45) is 0. The SMILES string of the molecule is COCc1cc(NC(=O)c2cc(C)n(C)n2)cc(C(=O)O)c1. The molecule has 0 radical (unpaired) electrons. The van der Waals surface area contributed by atoms with Crippen LogP contribution in [0.5, 0.6) is 0 Å². The van der Waals surface area contributed by atoms with Crippen LogP contribution in [0.25, 0.3) is 0 Å². The van der Waals surface area contributed by atoms with Crippen molar-refractivity contribution in [3.63, 3.8) is 0 Å². The third kappa shape index (κ3) is 3.50. The van der Waals surface area contributed by atoms with E-state index >= 15 is 0 Å². The molecule has 0 saturated heterocycles. The number of carbonyl (C=O) groups is 2. The second kappa shape index (κ2) is 6.40. The Hall–Kier alpha value is -2.67. The molecule has 1 amide bonds. The minimum absolute atomic E-state index is 0.0852. The molecule has 2 N–H and O–H groups in total. The molecule has 0 aliphatic carbocycles. The summed E-state index contributed by atoms with van der Waals surface area (Å²) in [5.74, 6) is -1.46. The molecule has 0 bridgehead atoms. The molecule has 1 heterocycles. The number of aromatic carboxylic acids is 1. The van der Waals surface area contributed by atoms with E-state index in [4.69, 9.17) is 9.84 Å². The number of ether oxygens (including phenoxy) is 1. The Kier molecular flexibility index (Phi) is 4.57. The number of rotatable bonds is 5. The largest absolute Gasteiger partial charge is 0.478 e. The van der Waals surface area contributed by atoms with Gasteiger partial charge < -0.3 is 15.2 Å². The van der Waals surface area contributed by atoms with Gasteiger partial charge in [0.1, 0.15) is 0 Å². The first-order valence-electron chi connectivity index (χ1n) is 6.59. The van der Waals surface area contributed by atoms with Crippen molar-refractivity contribution in [3.8, 4) is 0 Å². The van der Waals surface area contributed by atoms with Gasteiger partial charge in [0.15, 0.2) is 5.69 Å². The van der Waals surface area contributed by atoms with E-state index in [9.17, 15) is 9.59 Å². The van der Waals surface area contributed by atoms with E-state index in [-0.39, 0.29) is 17.9 Å². The average molecular weight is 303 g/mol. The van der Waals surface area contributed by atoms with E-state index in [1.807, 2.05) is 6.92 Å². The highest BCUT2D eigenvalue weighted by Gasteiger charge is 2.13. The Bertz CT molecular complexity index is 702. The van der Waals surface area contributed by atoms with Crippen LogP contribution in [0.3, 0.4) is 0 Å². The Morgan fingerprint density at radius 1 is 1.32 bits per heavy atom. The highest BCUT2D eigenvalue weighted by Crippen LogP contribution is 2.17. The van der Waals surface area contributed by atoms with E-state index in [1.54, 1.807) is 23.9 Å². The van der Waals surface area contributed by atoms with Crippen molar-refractivity contribution in [2.24, 2.45) is 7.05 Å². The van der Waals surface area contributed by atoms with Crippen LogP contribution >= 0.6 is 0 Å². The van der Waals surface area contributed by atoms with Crippen LogP contribution < -0.4 is 5.32 Å². The fourth-order valence-electron chi connectivity index (χ4n) is 2.00. The van der Waals surface area contributed by atoms with Crippen molar-refractivity contribution in [1.29, 1.82) is 0 Å². The average Bonchev–Trinajstić information content (AvgIpc) is 2.79. The number of nitrogens with one attached hydrogen (secondary N) is 1. The minimum atomic E-state index is -1.07. The Balaban J connectivity index is 2.27. The molecule has 116 valence electrons. The molecule has 0 unspecified atom stereocenters. The van der Waals surface area contributed by atoms with Crippen LogP contribution in [-0.4, -0.2) is 33.9 Å². The maximum absolute atomic E-state index is 12.2. The van der Waals surface area contributed by atoms with Crippen LogP contribution in [0, 0.1) is 6.92 Å². The first-order chi connectivity index (χ1) is 10.4. The van der Waals surface area contributed by atoms with Gasteiger partial charge >= 0.3 is 5.97 Å². The number of carboxylic acids is 1. The predicted octanol–water partition coefficient (Wildman–Crippen LogP) is 1.83. The topological polar surface area (TPSA) is 93.5 Å². The van der Waals surface area contributed by atoms with Gasteiger partial charge in [-0.15, -0.1) is 0 Å². The molecule has 7 heteroatoms. The number of hydrogen-bond acceptors (Lipinski definition) is 4. The highest BCUT2D eigenvalue weighted by molar-refractivity contribution is 6.03. The van der Waals surface area contributed by atoms with Gasteiger partial charge in [0.2, 0.25) is 0 Å². The Labute approximate surface area is 127 Å². The number of carbonyl (C=O) groups excluding carboxylic acids is 1. The number of benzene rings is 1. The molecule has 7 nitrogen and oxygen atoms in total. The van der Waals surface area contributed by atoms with E-state index in [1.165, 1.54) is 19.2 Å². The van der Waals surface area contributed by atoms with Gasteiger partial charge in [-0.1, -0.05) is 0 Å². The standard InChI is InChI=1S/C15H17N3O4/c1-9-4-13(17-18(9)2)14(19)16-12-6-10(8-22-3)5-11(7-12)15(20)21/h4-7H,8H2,1-3H3,(H,16,19)(H,20,21). The normalized spacial score (nSPS) is 10.5. The number of hydrogen-bond donors (Lipinski definition) is 2. The predicted molar refractivity (Wildman–Crippen MR) is 80.0 cm³/mol. The van der Waals surface area contributed by atoms with Crippen molar-refractivity contribution < 1.29 is 19.4 Å². The van der Waals surface area contributed by atoms with Crippen molar-refractivity contribution in [2.75, 3.05) is 12.4 Å². The molecular weight excluding hydrogens is 286 g/mol. The van der Waals surface area contributed by atoms with Crippen molar-refractivity contribution in [3.05, 3.63) is 46.8 Å². The smallest absolute Gasteiger partial charge is 0.335 e. The van der Waals surface area contributed by atoms with Gasteiger partial charge in [-0.3, -0.25) is 9.48 Å². The Morgan fingerprint density at radius 3 is 2.59 bits per heavy atom. The number of aryl methyl sites for hydroxylation is 2. The zero-order valence-electron chi connectivity index (χ0n) is 12.6. The summed E-state index contributed by atoms with van der Waals surface area (Å²) in [5.41, 5.74) is 2.26. The van der Waals surface area contributed by atoms with E-state index in [2.05, 4.69) is 10.4 Å². The molecule has 0 aliphatic rings. The van der Waals surface area contributed by atoms with Crippen LogP contribution in [0.2, 0.25) is 0 Å². The minimum Gasteiger partial charge on any atom is -0.478 e. The fourth-order valence-corrected chi connectivity index (χ4v) is 2.00. The number of methoxy groups -OCH3 is 1. The first-order valence-corrected chi connectivity index (χ1v) is 6.59. The first kappa shape index (κ1) is 15.7. The highest BCUT2D eigenvalue weighted by atomic mass is 16.5. The second-order valence-electron chi connectivity index (χ2n) is 4.91. The summed E-state index contributed by atoms with van der Waals surface area (Å²) in [6, 6.07) is 6.23. The molecule has 0 aliphatic heterocycles. The van der Waals surface area contributed by atoms with Crippen LogP contribution in [0.15, 0.2) is 24.3 Å². The summed E-state index contributed by atoms with van der Waals surface area (Å²) >= 11 is 0. The quantitative estimate of drug-likeness (QED) is 0.879. The molecule has 0 saturated carbocycles. The van der Waals surface area contributed by atoms with Crippen LogP contribution in [-0.2, 0) is 18.4 Å². The zero-order chi connectivity index (χ0) is 16.3. The number of nitrogens with zero attached hydrogens (tertiary/aromatic N) is 2. The molecule has 0 spiro atoms. The number of amides is 1. The lowest BCUT2D eigenvalue weighted by molar-refractivity contribution is 0.0696. The molecule has 22 heavy (non-hydrogen) atoms. The lowest BCUT2D eigenvalue weighted by atomic mass is 10.1. The van der Waals surface area contributed by atoms with E-state index < -0.39 is 11.9 Å². The summed E-state index contributed by atoms with van der Waals surface area (Å²) in [6.45, 7) is 2.10. The maximum atomic E-state index is 12.2. The maximum Gasteiger partial charge on any atom is 0.335 e. The number of anilines is 1.